The summed E-state index contributed by atoms with van der Waals surface area (Å²) in [6.45, 7) is 5.53. The van der Waals surface area contributed by atoms with E-state index in [9.17, 15) is 19.2 Å². The van der Waals surface area contributed by atoms with Crippen molar-refractivity contribution in [1.29, 1.82) is 0 Å². The van der Waals surface area contributed by atoms with Crippen LogP contribution in [0.3, 0.4) is 0 Å². The number of amides is 3. The molecule has 0 spiro atoms. The number of piperidine rings is 1. The van der Waals surface area contributed by atoms with Gasteiger partial charge in [-0.2, -0.15) is 0 Å². The fourth-order valence-corrected chi connectivity index (χ4v) is 4.26. The standard InChI is InChI=1S/C25H26N2O6/c1-25(2,3)32-24(31)26-15-9-14-17(16-10-5-4-6-11-16)20(26)23(30)33-27-21(28)18-12-7-8-13-19(18)22(27)29/h4-8,10-13,17,20H,9,14-15H2,1-3H3. The van der Waals surface area contributed by atoms with E-state index in [0.717, 1.165) is 5.56 Å². The number of nitrogens with zero attached hydrogens (tertiary/aromatic N) is 2. The molecule has 4 rings (SSSR count). The van der Waals surface area contributed by atoms with Crippen molar-refractivity contribution in [2.75, 3.05) is 6.54 Å². The van der Waals surface area contributed by atoms with Crippen LogP contribution in [0.5, 0.6) is 0 Å². The SMILES string of the molecule is CC(C)(C)OC(=O)N1CCCC(c2ccccc2)C1C(=O)ON1C(=O)c2ccccc2C1=O. The largest absolute Gasteiger partial charge is 0.444 e. The third kappa shape index (κ3) is 4.46. The van der Waals surface area contributed by atoms with Gasteiger partial charge in [-0.25, -0.2) is 9.59 Å². The van der Waals surface area contributed by atoms with Crippen LogP contribution in [0.1, 0.15) is 65.8 Å². The predicted molar refractivity (Wildman–Crippen MR) is 118 cm³/mol. The van der Waals surface area contributed by atoms with Crippen LogP contribution in [0.25, 0.3) is 0 Å². The lowest BCUT2D eigenvalue weighted by Crippen LogP contribution is -2.54. The molecule has 0 saturated carbocycles. The Morgan fingerprint density at radius 3 is 2.06 bits per heavy atom. The molecule has 0 N–H and O–H groups in total. The Bertz CT molecular complexity index is 1060. The van der Waals surface area contributed by atoms with Crippen molar-refractivity contribution >= 4 is 23.9 Å². The second-order valence-corrected chi connectivity index (χ2v) is 9.14. The van der Waals surface area contributed by atoms with Gasteiger partial charge in [0.2, 0.25) is 0 Å². The summed E-state index contributed by atoms with van der Waals surface area (Å²) in [7, 11) is 0. The molecule has 172 valence electrons. The number of fused-ring (bicyclic) bond motifs is 1. The van der Waals surface area contributed by atoms with Gasteiger partial charge in [0.25, 0.3) is 11.8 Å². The zero-order valence-electron chi connectivity index (χ0n) is 18.8. The molecule has 2 aliphatic heterocycles. The first-order valence-electron chi connectivity index (χ1n) is 10.9. The van der Waals surface area contributed by atoms with E-state index in [-0.39, 0.29) is 17.0 Å². The fourth-order valence-electron chi connectivity index (χ4n) is 4.26. The normalized spacial score (nSPS) is 20.5. The van der Waals surface area contributed by atoms with Crippen molar-refractivity contribution in [1.82, 2.24) is 9.96 Å². The number of carbonyl (C=O) groups excluding carboxylic acids is 4. The van der Waals surface area contributed by atoms with Gasteiger partial charge in [-0.1, -0.05) is 47.5 Å². The summed E-state index contributed by atoms with van der Waals surface area (Å²) < 4.78 is 5.54. The zero-order chi connectivity index (χ0) is 23.8. The molecule has 2 heterocycles. The van der Waals surface area contributed by atoms with Crippen LogP contribution in [-0.2, 0) is 14.4 Å². The number of ether oxygens (including phenoxy) is 1. The molecule has 2 aromatic rings. The maximum absolute atomic E-state index is 13.4. The van der Waals surface area contributed by atoms with Gasteiger partial charge in [0, 0.05) is 12.5 Å². The summed E-state index contributed by atoms with van der Waals surface area (Å²) in [6.07, 6.45) is 0.647. The summed E-state index contributed by atoms with van der Waals surface area (Å²) in [5.74, 6) is -2.65. The maximum atomic E-state index is 13.4. The molecule has 0 radical (unpaired) electrons. The van der Waals surface area contributed by atoms with E-state index in [1.54, 1.807) is 32.9 Å². The van der Waals surface area contributed by atoms with Crippen molar-refractivity contribution < 1.29 is 28.8 Å². The van der Waals surface area contributed by atoms with Gasteiger partial charge in [-0.15, -0.1) is 0 Å². The molecule has 0 aromatic heterocycles. The molecule has 2 aliphatic rings. The van der Waals surface area contributed by atoms with E-state index >= 15 is 0 Å². The fraction of sp³-hybridized carbons (Fsp3) is 0.360. The highest BCUT2D eigenvalue weighted by atomic mass is 16.7. The molecule has 2 unspecified atom stereocenters. The number of carbonyl (C=O) groups is 4. The van der Waals surface area contributed by atoms with Crippen molar-refractivity contribution in [3.05, 3.63) is 71.3 Å². The molecule has 3 amide bonds. The van der Waals surface area contributed by atoms with E-state index in [4.69, 9.17) is 9.57 Å². The second-order valence-electron chi connectivity index (χ2n) is 9.14. The first-order chi connectivity index (χ1) is 15.7. The predicted octanol–water partition coefficient (Wildman–Crippen LogP) is 3.92. The average molecular weight is 450 g/mol. The highest BCUT2D eigenvalue weighted by Gasteiger charge is 2.46. The molecular formula is C25H26N2O6. The third-order valence-corrected chi connectivity index (χ3v) is 5.67. The number of imide groups is 1. The van der Waals surface area contributed by atoms with Crippen LogP contribution in [0, 0.1) is 0 Å². The van der Waals surface area contributed by atoms with Crippen molar-refractivity contribution in [3.63, 3.8) is 0 Å². The molecule has 2 aromatic carbocycles. The Morgan fingerprint density at radius 1 is 0.909 bits per heavy atom. The number of likely N-dealkylation sites (tertiary alicyclic amines) is 1. The molecule has 8 heteroatoms. The lowest BCUT2D eigenvalue weighted by molar-refractivity contribution is -0.176. The summed E-state index contributed by atoms with van der Waals surface area (Å²) in [5, 5.41) is 0.483. The van der Waals surface area contributed by atoms with E-state index < -0.39 is 35.5 Å². The van der Waals surface area contributed by atoms with Gasteiger partial charge in [0.1, 0.15) is 11.6 Å². The zero-order valence-corrected chi connectivity index (χ0v) is 18.8. The Morgan fingerprint density at radius 2 is 1.48 bits per heavy atom. The summed E-state index contributed by atoms with van der Waals surface area (Å²) >= 11 is 0. The summed E-state index contributed by atoms with van der Waals surface area (Å²) in [6, 6.07) is 14.6. The van der Waals surface area contributed by atoms with E-state index in [0.29, 0.717) is 24.4 Å². The summed E-state index contributed by atoms with van der Waals surface area (Å²) in [4.78, 5) is 58.6. The molecule has 0 aliphatic carbocycles. The molecule has 1 saturated heterocycles. The van der Waals surface area contributed by atoms with Crippen LogP contribution in [0.15, 0.2) is 54.6 Å². The highest BCUT2D eigenvalue weighted by Crippen LogP contribution is 2.35. The smallest absolute Gasteiger partial charge is 0.411 e. The summed E-state index contributed by atoms with van der Waals surface area (Å²) in [5.41, 5.74) is 0.438. The first-order valence-corrected chi connectivity index (χ1v) is 10.9. The quantitative estimate of drug-likeness (QED) is 0.658. The monoisotopic (exact) mass is 450 g/mol. The lowest BCUT2D eigenvalue weighted by Gasteiger charge is -2.40. The van der Waals surface area contributed by atoms with Gasteiger partial charge in [-0.3, -0.25) is 14.5 Å². The van der Waals surface area contributed by atoms with Gasteiger partial charge >= 0.3 is 12.1 Å². The molecule has 8 nitrogen and oxygen atoms in total. The van der Waals surface area contributed by atoms with E-state index in [1.807, 2.05) is 30.3 Å². The minimum absolute atomic E-state index is 0.169. The Labute approximate surface area is 192 Å². The maximum Gasteiger partial charge on any atom is 0.411 e. The van der Waals surface area contributed by atoms with Gasteiger partial charge in [-0.05, 0) is 51.3 Å². The molecular weight excluding hydrogens is 424 g/mol. The van der Waals surface area contributed by atoms with Crippen LogP contribution < -0.4 is 0 Å². The molecule has 0 bridgehead atoms. The lowest BCUT2D eigenvalue weighted by atomic mass is 9.83. The highest BCUT2D eigenvalue weighted by molar-refractivity contribution is 6.21. The minimum Gasteiger partial charge on any atom is -0.444 e. The molecule has 33 heavy (non-hydrogen) atoms. The Hall–Kier alpha value is -3.68. The van der Waals surface area contributed by atoms with Crippen LogP contribution in [0.2, 0.25) is 0 Å². The third-order valence-electron chi connectivity index (χ3n) is 5.67. The Kier molecular flexibility index (Phi) is 5.93. The number of hydroxylamine groups is 2. The van der Waals surface area contributed by atoms with Crippen LogP contribution >= 0.6 is 0 Å². The van der Waals surface area contributed by atoms with E-state index in [1.165, 1.54) is 17.0 Å². The number of rotatable bonds is 3. The number of hydrogen-bond acceptors (Lipinski definition) is 6. The topological polar surface area (TPSA) is 93.2 Å². The minimum atomic E-state index is -1.06. The van der Waals surface area contributed by atoms with Gasteiger partial charge in [0.15, 0.2) is 0 Å². The van der Waals surface area contributed by atoms with Crippen molar-refractivity contribution in [3.8, 4) is 0 Å². The van der Waals surface area contributed by atoms with Crippen LogP contribution in [0.4, 0.5) is 4.79 Å². The number of benzene rings is 2. The molecule has 2 atom stereocenters. The van der Waals surface area contributed by atoms with Gasteiger partial charge < -0.3 is 9.57 Å². The van der Waals surface area contributed by atoms with E-state index in [2.05, 4.69) is 0 Å². The van der Waals surface area contributed by atoms with Crippen molar-refractivity contribution in [2.24, 2.45) is 0 Å². The Balaban J connectivity index is 1.64. The first kappa shape index (κ1) is 22.5. The number of hydrogen-bond donors (Lipinski definition) is 0. The molecule has 1 fully saturated rings. The van der Waals surface area contributed by atoms with Gasteiger partial charge in [0.05, 0.1) is 11.1 Å². The van der Waals surface area contributed by atoms with Crippen LogP contribution in [-0.4, -0.2) is 52.0 Å². The van der Waals surface area contributed by atoms with Crippen molar-refractivity contribution in [2.45, 2.75) is 51.2 Å². The second kappa shape index (κ2) is 8.69. The average Bonchev–Trinajstić information content (AvgIpc) is 3.03.